The van der Waals surface area contributed by atoms with Crippen LogP contribution in [0.2, 0.25) is 0 Å². The molecule has 1 unspecified atom stereocenters. The molecule has 2 aromatic rings. The Morgan fingerprint density at radius 2 is 1.83 bits per heavy atom. The first kappa shape index (κ1) is 21.9. The predicted octanol–water partition coefficient (Wildman–Crippen LogP) is 3.36. The summed E-state index contributed by atoms with van der Waals surface area (Å²) in [6.45, 7) is 11.5. The van der Waals surface area contributed by atoms with Gasteiger partial charge in [0.1, 0.15) is 17.1 Å². The molecule has 9 heteroatoms. The van der Waals surface area contributed by atoms with Crippen molar-refractivity contribution >= 4 is 34.3 Å². The Hall–Kier alpha value is -2.81. The molecule has 1 aromatic carbocycles. The third-order valence-electron chi connectivity index (χ3n) is 5.09. The van der Waals surface area contributed by atoms with Crippen molar-refractivity contribution in [3.63, 3.8) is 0 Å². The van der Waals surface area contributed by atoms with Crippen LogP contribution < -0.4 is 10.6 Å². The molecule has 30 heavy (non-hydrogen) atoms. The highest BCUT2D eigenvalue weighted by molar-refractivity contribution is 7.15. The molecule has 160 valence electrons. The molecule has 1 saturated heterocycles. The van der Waals surface area contributed by atoms with E-state index in [0.29, 0.717) is 10.7 Å². The second-order valence-electron chi connectivity index (χ2n) is 8.92. The van der Waals surface area contributed by atoms with Crippen LogP contribution in [0.25, 0.3) is 0 Å². The normalized spacial score (nSPS) is 19.4. The molecule has 1 aliphatic rings. The van der Waals surface area contributed by atoms with Crippen LogP contribution in [-0.2, 0) is 20.5 Å². The lowest BCUT2D eigenvalue weighted by molar-refractivity contribution is -0.133. The third kappa shape index (κ3) is 4.21. The van der Waals surface area contributed by atoms with Gasteiger partial charge in [-0.1, -0.05) is 70.2 Å². The van der Waals surface area contributed by atoms with Crippen molar-refractivity contribution in [3.8, 4) is 0 Å². The zero-order valence-electron chi connectivity index (χ0n) is 18.1. The number of hydrogen-bond donors (Lipinski definition) is 2. The van der Waals surface area contributed by atoms with Crippen LogP contribution in [0.4, 0.5) is 9.93 Å². The van der Waals surface area contributed by atoms with Crippen LogP contribution in [0.1, 0.15) is 63.6 Å². The van der Waals surface area contributed by atoms with E-state index in [1.54, 1.807) is 6.92 Å². The molecule has 0 aliphatic carbocycles. The second-order valence-corrected chi connectivity index (χ2v) is 9.93. The number of nitrogens with zero attached hydrogens (tertiary/aromatic N) is 3. The van der Waals surface area contributed by atoms with Gasteiger partial charge >= 0.3 is 6.03 Å². The third-order valence-corrected chi connectivity index (χ3v) is 6.23. The van der Waals surface area contributed by atoms with E-state index < -0.39 is 29.9 Å². The molecular weight excluding hydrogens is 402 g/mol. The number of carbonyl (C=O) groups is 3. The van der Waals surface area contributed by atoms with Crippen molar-refractivity contribution in [2.75, 3.05) is 11.9 Å². The van der Waals surface area contributed by atoms with Crippen molar-refractivity contribution in [1.29, 1.82) is 0 Å². The lowest BCUT2D eigenvalue weighted by Gasteiger charge is -2.24. The van der Waals surface area contributed by atoms with Crippen molar-refractivity contribution in [1.82, 2.24) is 20.4 Å². The highest BCUT2D eigenvalue weighted by Crippen LogP contribution is 2.31. The maximum Gasteiger partial charge on any atom is 0.325 e. The van der Waals surface area contributed by atoms with Gasteiger partial charge in [0.2, 0.25) is 11.0 Å². The summed E-state index contributed by atoms with van der Waals surface area (Å²) >= 11 is 1.27. The standard InChI is InChI=1S/C21H27N5O3S/c1-12(2)16-24-25-18(30-16)22-15(27)11-26-17(28)21(6,23-19(26)29)14-9-7-13(8-10-14)20(3,4)5/h7-10,12H,11H2,1-6H3,(H,23,29)(H,22,25,27). The number of imide groups is 1. The number of aromatic nitrogens is 2. The number of carbonyl (C=O) groups excluding carboxylic acids is 3. The molecule has 2 heterocycles. The summed E-state index contributed by atoms with van der Waals surface area (Å²) in [5.74, 6) is -0.770. The summed E-state index contributed by atoms with van der Waals surface area (Å²) in [6, 6.07) is 7.00. The minimum absolute atomic E-state index is 0.0212. The average Bonchev–Trinajstić information content (AvgIpc) is 3.20. The lowest BCUT2D eigenvalue weighted by atomic mass is 9.84. The molecule has 4 amide bonds. The van der Waals surface area contributed by atoms with Gasteiger partial charge in [0.25, 0.3) is 5.91 Å². The molecule has 8 nitrogen and oxygen atoms in total. The largest absolute Gasteiger partial charge is 0.325 e. The fraction of sp³-hybridized carbons (Fsp3) is 0.476. The van der Waals surface area contributed by atoms with Crippen LogP contribution >= 0.6 is 11.3 Å². The summed E-state index contributed by atoms with van der Waals surface area (Å²) in [5, 5.41) is 14.4. The minimum Gasteiger partial charge on any atom is -0.319 e. The van der Waals surface area contributed by atoms with Gasteiger partial charge in [0.05, 0.1) is 0 Å². The van der Waals surface area contributed by atoms with E-state index in [1.807, 2.05) is 38.1 Å². The van der Waals surface area contributed by atoms with E-state index in [1.165, 1.54) is 11.3 Å². The van der Waals surface area contributed by atoms with Gasteiger partial charge in [-0.05, 0) is 23.5 Å². The maximum absolute atomic E-state index is 13.0. The molecule has 1 aromatic heterocycles. The Bertz CT molecular complexity index is 977. The number of nitrogens with one attached hydrogen (secondary N) is 2. The van der Waals surface area contributed by atoms with E-state index in [0.717, 1.165) is 15.5 Å². The van der Waals surface area contributed by atoms with E-state index in [2.05, 4.69) is 41.6 Å². The first-order valence-corrected chi connectivity index (χ1v) is 10.6. The van der Waals surface area contributed by atoms with E-state index in [4.69, 9.17) is 0 Å². The van der Waals surface area contributed by atoms with Gasteiger partial charge in [-0.2, -0.15) is 0 Å². The Balaban J connectivity index is 1.72. The molecule has 1 aliphatic heterocycles. The molecule has 0 spiro atoms. The zero-order valence-corrected chi connectivity index (χ0v) is 18.9. The summed E-state index contributed by atoms with van der Waals surface area (Å²) in [7, 11) is 0. The fourth-order valence-corrected chi connectivity index (χ4v) is 3.92. The summed E-state index contributed by atoms with van der Waals surface area (Å²) in [4.78, 5) is 38.8. The van der Waals surface area contributed by atoms with Crippen molar-refractivity contribution in [2.45, 2.75) is 58.4 Å². The van der Waals surface area contributed by atoms with Gasteiger partial charge in [0, 0.05) is 5.92 Å². The van der Waals surface area contributed by atoms with Crippen LogP contribution in [0.3, 0.4) is 0 Å². The van der Waals surface area contributed by atoms with Gasteiger partial charge in [-0.15, -0.1) is 10.2 Å². The maximum atomic E-state index is 13.0. The van der Waals surface area contributed by atoms with Gasteiger partial charge in [0.15, 0.2) is 0 Å². The van der Waals surface area contributed by atoms with E-state index in [9.17, 15) is 14.4 Å². The number of benzene rings is 1. The highest BCUT2D eigenvalue weighted by atomic mass is 32.1. The van der Waals surface area contributed by atoms with Crippen LogP contribution in [0, 0.1) is 0 Å². The Morgan fingerprint density at radius 1 is 1.20 bits per heavy atom. The Kier molecular flexibility index (Phi) is 5.68. The first-order valence-electron chi connectivity index (χ1n) is 9.80. The van der Waals surface area contributed by atoms with Crippen LogP contribution in [0.15, 0.2) is 24.3 Å². The highest BCUT2D eigenvalue weighted by Gasteiger charge is 2.49. The summed E-state index contributed by atoms with van der Waals surface area (Å²) in [5.41, 5.74) is 0.552. The van der Waals surface area contributed by atoms with Crippen molar-refractivity contribution in [2.24, 2.45) is 0 Å². The number of anilines is 1. The molecule has 0 radical (unpaired) electrons. The van der Waals surface area contributed by atoms with E-state index >= 15 is 0 Å². The molecule has 2 N–H and O–H groups in total. The topological polar surface area (TPSA) is 104 Å². The Labute approximate surface area is 180 Å². The van der Waals surface area contributed by atoms with E-state index in [-0.39, 0.29) is 11.3 Å². The zero-order chi connectivity index (χ0) is 22.3. The lowest BCUT2D eigenvalue weighted by Crippen LogP contribution is -2.42. The average molecular weight is 430 g/mol. The van der Waals surface area contributed by atoms with Crippen molar-refractivity contribution < 1.29 is 14.4 Å². The molecular formula is C21H27N5O3S. The number of urea groups is 1. The molecule has 3 rings (SSSR count). The van der Waals surface area contributed by atoms with Gasteiger partial charge in [-0.3, -0.25) is 19.8 Å². The minimum atomic E-state index is -1.22. The summed E-state index contributed by atoms with van der Waals surface area (Å²) in [6.07, 6.45) is 0. The van der Waals surface area contributed by atoms with Crippen molar-refractivity contribution in [3.05, 3.63) is 40.4 Å². The van der Waals surface area contributed by atoms with Crippen LogP contribution in [-0.4, -0.2) is 39.5 Å². The first-order chi connectivity index (χ1) is 13.9. The number of hydrogen-bond acceptors (Lipinski definition) is 6. The fourth-order valence-electron chi connectivity index (χ4n) is 3.16. The molecule has 1 fully saturated rings. The Morgan fingerprint density at radius 3 is 2.37 bits per heavy atom. The predicted molar refractivity (Wildman–Crippen MR) is 115 cm³/mol. The SMILES string of the molecule is CC(C)c1nnc(NC(=O)CN2C(=O)NC(C)(c3ccc(C(C)(C)C)cc3)C2=O)s1. The summed E-state index contributed by atoms with van der Waals surface area (Å²) < 4.78 is 0. The van der Waals surface area contributed by atoms with Crippen LogP contribution in [0.5, 0.6) is 0 Å². The smallest absolute Gasteiger partial charge is 0.319 e. The van der Waals surface area contributed by atoms with Gasteiger partial charge in [-0.25, -0.2) is 4.79 Å². The molecule has 0 saturated carbocycles. The molecule has 1 atom stereocenters. The number of amides is 4. The molecule has 0 bridgehead atoms. The number of rotatable bonds is 5. The quantitative estimate of drug-likeness (QED) is 0.709. The monoisotopic (exact) mass is 429 g/mol. The second kappa shape index (κ2) is 7.79. The van der Waals surface area contributed by atoms with Gasteiger partial charge < -0.3 is 5.32 Å².